The van der Waals surface area contributed by atoms with E-state index in [2.05, 4.69) is 27.9 Å². The molecule has 2 aromatic carbocycles. The fraction of sp³-hybridized carbons (Fsp3) is 0.150. The summed E-state index contributed by atoms with van der Waals surface area (Å²) >= 11 is 8.70. The van der Waals surface area contributed by atoms with E-state index < -0.39 is 17.1 Å². The lowest BCUT2D eigenvalue weighted by molar-refractivity contribution is -0.127. The van der Waals surface area contributed by atoms with Crippen molar-refractivity contribution < 1.29 is 23.9 Å². The van der Waals surface area contributed by atoms with Gasteiger partial charge >= 0.3 is 0 Å². The number of imide groups is 1. The molecule has 0 unspecified atom stereocenters. The number of ether oxygens (including phenoxy) is 2. The van der Waals surface area contributed by atoms with E-state index in [0.29, 0.717) is 27.8 Å². The van der Waals surface area contributed by atoms with E-state index in [-0.39, 0.29) is 11.4 Å². The van der Waals surface area contributed by atoms with E-state index in [0.717, 1.165) is 20.2 Å². The molecule has 7 nitrogen and oxygen atoms in total. The zero-order valence-electron chi connectivity index (χ0n) is 15.9. The molecular weight excluding hydrogens is 543 g/mol. The first-order valence-electron chi connectivity index (χ1n) is 8.54. The van der Waals surface area contributed by atoms with Crippen molar-refractivity contribution in [1.82, 2.24) is 4.90 Å². The summed E-state index contributed by atoms with van der Waals surface area (Å²) in [6, 6.07) is 10.0. The third-order valence-electron chi connectivity index (χ3n) is 4.06. The van der Waals surface area contributed by atoms with Crippen LogP contribution < -0.4 is 14.8 Å². The highest BCUT2D eigenvalue weighted by Gasteiger charge is 2.36. The van der Waals surface area contributed by atoms with Crippen LogP contribution in [0.5, 0.6) is 11.5 Å². The van der Waals surface area contributed by atoms with Gasteiger partial charge in [0.15, 0.2) is 11.5 Å². The Morgan fingerprint density at radius 2 is 1.90 bits per heavy atom. The van der Waals surface area contributed by atoms with Crippen molar-refractivity contribution in [1.29, 1.82) is 0 Å². The topological polar surface area (TPSA) is 84.9 Å². The van der Waals surface area contributed by atoms with Crippen molar-refractivity contribution >= 4 is 74.8 Å². The van der Waals surface area contributed by atoms with Gasteiger partial charge in [-0.3, -0.25) is 19.3 Å². The maximum Gasteiger partial charge on any atom is 0.294 e. The third-order valence-corrected chi connectivity index (χ3v) is 6.02. The monoisotopic (exact) mass is 558 g/mol. The van der Waals surface area contributed by atoms with Crippen molar-refractivity contribution in [2.24, 2.45) is 0 Å². The molecule has 0 bridgehead atoms. The largest absolute Gasteiger partial charge is 0.493 e. The van der Waals surface area contributed by atoms with Gasteiger partial charge in [0.2, 0.25) is 5.91 Å². The fourth-order valence-electron chi connectivity index (χ4n) is 2.69. The molecule has 0 radical (unpaired) electrons. The number of carbonyl (C=O) groups is 3. The molecular formula is C20H16ClIN2O5S. The summed E-state index contributed by atoms with van der Waals surface area (Å²) in [5.41, 5.74) is 1.19. The molecule has 1 fully saturated rings. The van der Waals surface area contributed by atoms with Gasteiger partial charge in [-0.15, -0.1) is 0 Å². The molecule has 1 aliphatic heterocycles. The molecule has 10 heteroatoms. The predicted molar refractivity (Wildman–Crippen MR) is 125 cm³/mol. The first kappa shape index (κ1) is 22.4. The molecule has 3 amide bonds. The maximum atomic E-state index is 12.7. The highest BCUT2D eigenvalue weighted by Crippen LogP contribution is 2.37. The normalized spacial score (nSPS) is 14.9. The van der Waals surface area contributed by atoms with Crippen LogP contribution >= 0.6 is 46.0 Å². The average molecular weight is 559 g/mol. The van der Waals surface area contributed by atoms with Gasteiger partial charge in [0.25, 0.3) is 11.1 Å². The van der Waals surface area contributed by atoms with E-state index in [1.807, 2.05) is 6.07 Å². The first-order valence-corrected chi connectivity index (χ1v) is 10.8. The molecule has 30 heavy (non-hydrogen) atoms. The van der Waals surface area contributed by atoms with E-state index in [1.165, 1.54) is 7.11 Å². The summed E-state index contributed by atoms with van der Waals surface area (Å²) in [5, 5.41) is 2.66. The molecule has 0 aromatic heterocycles. The van der Waals surface area contributed by atoms with Gasteiger partial charge in [0.1, 0.15) is 6.54 Å². The second kappa shape index (κ2) is 9.71. The van der Waals surface area contributed by atoms with Gasteiger partial charge < -0.3 is 14.8 Å². The number of benzene rings is 2. The van der Waals surface area contributed by atoms with E-state index in [4.69, 9.17) is 21.1 Å². The van der Waals surface area contributed by atoms with Gasteiger partial charge in [0, 0.05) is 10.7 Å². The van der Waals surface area contributed by atoms with Gasteiger partial charge in [-0.25, -0.2) is 0 Å². The van der Waals surface area contributed by atoms with Crippen molar-refractivity contribution in [3.63, 3.8) is 0 Å². The summed E-state index contributed by atoms with van der Waals surface area (Å²) in [6.07, 6.45) is 1.59. The highest BCUT2D eigenvalue weighted by atomic mass is 127. The SMILES string of the molecule is COc1cc(/C=C2/SC(=O)N(CC(=O)Nc3ccc(Cl)cc3)C2=O)cc(I)c1OC. The zero-order valence-corrected chi connectivity index (χ0v) is 19.6. The number of nitrogens with zero attached hydrogens (tertiary/aromatic N) is 1. The number of thioether (sulfide) groups is 1. The predicted octanol–water partition coefficient (Wildman–Crippen LogP) is 4.64. The molecule has 0 spiro atoms. The van der Waals surface area contributed by atoms with Gasteiger partial charge in [-0.1, -0.05) is 11.6 Å². The number of nitrogens with one attached hydrogen (secondary N) is 1. The van der Waals surface area contributed by atoms with E-state index in [9.17, 15) is 14.4 Å². The lowest BCUT2D eigenvalue weighted by Gasteiger charge is -2.12. The molecule has 1 saturated heterocycles. The summed E-state index contributed by atoms with van der Waals surface area (Å²) in [5.74, 6) is 0.0852. The molecule has 1 heterocycles. The third kappa shape index (κ3) is 5.08. The second-order valence-electron chi connectivity index (χ2n) is 6.06. The van der Waals surface area contributed by atoms with Crippen LogP contribution in [0.2, 0.25) is 5.02 Å². The van der Waals surface area contributed by atoms with E-state index >= 15 is 0 Å². The Kier molecular flexibility index (Phi) is 7.27. The number of hydrogen-bond acceptors (Lipinski definition) is 6. The van der Waals surface area contributed by atoms with Crippen LogP contribution in [0.4, 0.5) is 10.5 Å². The molecule has 2 aromatic rings. The van der Waals surface area contributed by atoms with Crippen LogP contribution in [0.3, 0.4) is 0 Å². The smallest absolute Gasteiger partial charge is 0.294 e. The van der Waals surface area contributed by atoms with Gasteiger partial charge in [0.05, 0.1) is 22.7 Å². The average Bonchev–Trinajstić information content (AvgIpc) is 2.96. The summed E-state index contributed by atoms with van der Waals surface area (Å²) in [7, 11) is 3.06. The van der Waals surface area contributed by atoms with Crippen LogP contribution in [0.25, 0.3) is 6.08 Å². The highest BCUT2D eigenvalue weighted by molar-refractivity contribution is 14.1. The Morgan fingerprint density at radius 1 is 1.20 bits per heavy atom. The number of methoxy groups -OCH3 is 2. The Morgan fingerprint density at radius 3 is 2.53 bits per heavy atom. The second-order valence-corrected chi connectivity index (χ2v) is 8.65. The first-order chi connectivity index (χ1) is 14.3. The van der Waals surface area contributed by atoms with Crippen molar-refractivity contribution in [2.75, 3.05) is 26.1 Å². The van der Waals surface area contributed by atoms with Gasteiger partial charge in [-0.05, 0) is 82.4 Å². The van der Waals surface area contributed by atoms with Crippen LogP contribution in [-0.2, 0) is 9.59 Å². The lowest BCUT2D eigenvalue weighted by Crippen LogP contribution is -2.36. The quantitative estimate of drug-likeness (QED) is 0.411. The molecule has 1 N–H and O–H groups in total. The number of halogens is 2. The van der Waals surface area contributed by atoms with Crippen LogP contribution in [0.15, 0.2) is 41.3 Å². The fourth-order valence-corrected chi connectivity index (χ4v) is 4.50. The molecule has 0 saturated carbocycles. The number of hydrogen-bond donors (Lipinski definition) is 1. The van der Waals surface area contributed by atoms with Crippen molar-refractivity contribution in [3.05, 3.63) is 55.5 Å². The lowest BCUT2D eigenvalue weighted by atomic mass is 10.2. The number of amides is 3. The van der Waals surface area contributed by atoms with Crippen LogP contribution in [0.1, 0.15) is 5.56 Å². The van der Waals surface area contributed by atoms with Crippen LogP contribution in [0, 0.1) is 3.57 Å². The Balaban J connectivity index is 1.75. The number of anilines is 1. The Labute approximate surface area is 195 Å². The standard InChI is InChI=1S/C20H16ClIN2O5S/c1-28-15-8-11(7-14(22)18(15)29-2)9-16-19(26)24(20(27)30-16)10-17(25)23-13-5-3-12(21)4-6-13/h3-9H,10H2,1-2H3,(H,23,25)/b16-9+. The van der Waals surface area contributed by atoms with Crippen molar-refractivity contribution in [3.8, 4) is 11.5 Å². The minimum Gasteiger partial charge on any atom is -0.493 e. The maximum absolute atomic E-state index is 12.7. The minimum absolute atomic E-state index is 0.224. The Hall–Kier alpha value is -2.24. The molecule has 1 aliphatic rings. The molecule has 3 rings (SSSR count). The Bertz CT molecular complexity index is 1040. The molecule has 156 valence electrons. The number of rotatable bonds is 6. The van der Waals surface area contributed by atoms with Crippen molar-refractivity contribution in [2.45, 2.75) is 0 Å². The number of carbonyl (C=O) groups excluding carboxylic acids is 3. The van der Waals surface area contributed by atoms with Gasteiger partial charge in [-0.2, -0.15) is 0 Å². The zero-order chi connectivity index (χ0) is 21.8. The summed E-state index contributed by atoms with van der Waals surface area (Å²) in [6.45, 7) is -0.381. The molecule has 0 aliphatic carbocycles. The minimum atomic E-state index is -0.527. The molecule has 0 atom stereocenters. The van der Waals surface area contributed by atoms with Crippen LogP contribution in [-0.4, -0.2) is 42.7 Å². The summed E-state index contributed by atoms with van der Waals surface area (Å²) < 4.78 is 11.4. The van der Waals surface area contributed by atoms with E-state index in [1.54, 1.807) is 43.5 Å². The summed E-state index contributed by atoms with van der Waals surface area (Å²) in [4.78, 5) is 38.4.